The zero-order chi connectivity index (χ0) is 13.5. The SMILES string of the molecule is Cc1cccc(CSCC(=O)NC(C)C(=O)O)c1. The summed E-state index contributed by atoms with van der Waals surface area (Å²) in [5, 5.41) is 11.1. The van der Waals surface area contributed by atoms with E-state index in [4.69, 9.17) is 5.11 Å². The highest BCUT2D eigenvalue weighted by Crippen LogP contribution is 2.13. The molecule has 18 heavy (non-hydrogen) atoms. The first-order chi connectivity index (χ1) is 8.49. The van der Waals surface area contributed by atoms with Crippen molar-refractivity contribution in [2.24, 2.45) is 0 Å². The molecule has 0 spiro atoms. The molecule has 0 fully saturated rings. The molecule has 0 aliphatic rings. The predicted molar refractivity (Wildman–Crippen MR) is 72.6 cm³/mol. The van der Waals surface area contributed by atoms with Crippen molar-refractivity contribution in [3.63, 3.8) is 0 Å². The fourth-order valence-corrected chi connectivity index (χ4v) is 2.19. The van der Waals surface area contributed by atoms with Gasteiger partial charge in [0.15, 0.2) is 0 Å². The second kappa shape index (κ2) is 7.06. The van der Waals surface area contributed by atoms with E-state index in [1.807, 2.05) is 25.1 Å². The van der Waals surface area contributed by atoms with E-state index in [0.717, 1.165) is 5.75 Å². The van der Waals surface area contributed by atoms with Crippen LogP contribution in [0, 0.1) is 6.92 Å². The summed E-state index contributed by atoms with van der Waals surface area (Å²) < 4.78 is 0. The maximum Gasteiger partial charge on any atom is 0.325 e. The Hall–Kier alpha value is -1.49. The second-order valence-corrected chi connectivity index (χ2v) is 5.09. The number of benzene rings is 1. The minimum Gasteiger partial charge on any atom is -0.480 e. The van der Waals surface area contributed by atoms with E-state index >= 15 is 0 Å². The smallest absolute Gasteiger partial charge is 0.325 e. The summed E-state index contributed by atoms with van der Waals surface area (Å²) >= 11 is 1.47. The Morgan fingerprint density at radius 3 is 2.78 bits per heavy atom. The highest BCUT2D eigenvalue weighted by Gasteiger charge is 2.13. The monoisotopic (exact) mass is 267 g/mol. The van der Waals surface area contributed by atoms with Crippen molar-refractivity contribution >= 4 is 23.6 Å². The van der Waals surface area contributed by atoms with Gasteiger partial charge in [0.25, 0.3) is 0 Å². The summed E-state index contributed by atoms with van der Waals surface area (Å²) in [6.45, 7) is 3.47. The fourth-order valence-electron chi connectivity index (χ4n) is 1.41. The zero-order valence-corrected chi connectivity index (χ0v) is 11.3. The van der Waals surface area contributed by atoms with E-state index in [2.05, 4.69) is 11.4 Å². The number of aryl methyl sites for hydroxylation is 1. The molecular formula is C13H17NO3S. The van der Waals surface area contributed by atoms with Crippen molar-refractivity contribution in [1.82, 2.24) is 5.32 Å². The molecule has 1 rings (SSSR count). The number of carbonyl (C=O) groups is 2. The maximum atomic E-state index is 11.4. The van der Waals surface area contributed by atoms with Crippen molar-refractivity contribution in [3.8, 4) is 0 Å². The fraction of sp³-hybridized carbons (Fsp3) is 0.385. The lowest BCUT2D eigenvalue weighted by Gasteiger charge is -2.09. The first-order valence-electron chi connectivity index (χ1n) is 5.64. The van der Waals surface area contributed by atoms with Gasteiger partial charge in [0, 0.05) is 5.75 Å². The molecule has 0 aliphatic heterocycles. The number of aliphatic carboxylic acids is 1. The van der Waals surface area contributed by atoms with Crippen LogP contribution in [-0.4, -0.2) is 28.8 Å². The quantitative estimate of drug-likeness (QED) is 0.825. The Bertz CT molecular complexity index is 434. The number of carboxylic acids is 1. The third-order valence-corrected chi connectivity index (χ3v) is 3.34. The van der Waals surface area contributed by atoms with Crippen LogP contribution >= 0.6 is 11.8 Å². The number of thioether (sulfide) groups is 1. The largest absolute Gasteiger partial charge is 0.480 e. The number of hydrogen-bond donors (Lipinski definition) is 2. The van der Waals surface area contributed by atoms with Crippen molar-refractivity contribution in [2.75, 3.05) is 5.75 Å². The van der Waals surface area contributed by atoms with Crippen LogP contribution in [0.15, 0.2) is 24.3 Å². The van der Waals surface area contributed by atoms with Crippen molar-refractivity contribution in [1.29, 1.82) is 0 Å². The van der Waals surface area contributed by atoms with Gasteiger partial charge in [-0.1, -0.05) is 29.8 Å². The Kier molecular flexibility index (Phi) is 5.71. The van der Waals surface area contributed by atoms with E-state index in [1.54, 1.807) is 0 Å². The Labute approximate surface area is 111 Å². The van der Waals surface area contributed by atoms with Gasteiger partial charge in [0.2, 0.25) is 5.91 Å². The Morgan fingerprint density at radius 2 is 2.17 bits per heavy atom. The van der Waals surface area contributed by atoms with Gasteiger partial charge < -0.3 is 10.4 Å². The summed E-state index contributed by atoms with van der Waals surface area (Å²) in [6, 6.07) is 7.26. The van der Waals surface area contributed by atoms with Crippen LogP contribution in [0.5, 0.6) is 0 Å². The number of nitrogens with one attached hydrogen (secondary N) is 1. The highest BCUT2D eigenvalue weighted by atomic mass is 32.2. The number of amides is 1. The average molecular weight is 267 g/mol. The van der Waals surface area contributed by atoms with Gasteiger partial charge in [0.05, 0.1) is 5.75 Å². The van der Waals surface area contributed by atoms with E-state index in [0.29, 0.717) is 0 Å². The van der Waals surface area contributed by atoms with Crippen LogP contribution in [-0.2, 0) is 15.3 Å². The minimum absolute atomic E-state index is 0.248. The predicted octanol–water partition coefficient (Wildman–Crippen LogP) is 1.82. The number of hydrogen-bond acceptors (Lipinski definition) is 3. The van der Waals surface area contributed by atoms with Crippen LogP contribution in [0.25, 0.3) is 0 Å². The normalized spacial score (nSPS) is 11.9. The van der Waals surface area contributed by atoms with Gasteiger partial charge in [0.1, 0.15) is 6.04 Å². The maximum absolute atomic E-state index is 11.4. The third kappa shape index (κ3) is 5.23. The number of rotatable bonds is 6. The van der Waals surface area contributed by atoms with E-state index in [9.17, 15) is 9.59 Å². The molecule has 1 amide bonds. The lowest BCUT2D eigenvalue weighted by Crippen LogP contribution is -2.39. The summed E-state index contributed by atoms with van der Waals surface area (Å²) in [5.74, 6) is -0.253. The molecule has 5 heteroatoms. The molecule has 2 N–H and O–H groups in total. The molecule has 0 radical (unpaired) electrons. The molecule has 0 saturated heterocycles. The molecule has 0 heterocycles. The van der Waals surface area contributed by atoms with Crippen molar-refractivity contribution in [2.45, 2.75) is 25.6 Å². The average Bonchev–Trinajstić information content (AvgIpc) is 2.28. The van der Waals surface area contributed by atoms with Crippen LogP contribution in [0.2, 0.25) is 0 Å². The van der Waals surface area contributed by atoms with E-state index < -0.39 is 12.0 Å². The molecule has 0 bridgehead atoms. The van der Waals surface area contributed by atoms with Crippen LogP contribution < -0.4 is 5.32 Å². The molecular weight excluding hydrogens is 250 g/mol. The lowest BCUT2D eigenvalue weighted by atomic mass is 10.2. The lowest BCUT2D eigenvalue weighted by molar-refractivity contribution is -0.140. The summed E-state index contributed by atoms with van der Waals surface area (Å²) in [4.78, 5) is 22.0. The summed E-state index contributed by atoms with van der Waals surface area (Å²) in [5.41, 5.74) is 2.36. The first kappa shape index (κ1) is 14.6. The molecule has 1 aromatic carbocycles. The Balaban J connectivity index is 2.29. The van der Waals surface area contributed by atoms with Crippen molar-refractivity contribution < 1.29 is 14.7 Å². The zero-order valence-electron chi connectivity index (χ0n) is 10.5. The summed E-state index contributed by atoms with van der Waals surface area (Å²) in [7, 11) is 0. The highest BCUT2D eigenvalue weighted by molar-refractivity contribution is 7.99. The van der Waals surface area contributed by atoms with Gasteiger partial charge >= 0.3 is 5.97 Å². The van der Waals surface area contributed by atoms with Crippen LogP contribution in [0.3, 0.4) is 0 Å². The molecule has 4 nitrogen and oxygen atoms in total. The Morgan fingerprint density at radius 1 is 1.44 bits per heavy atom. The van der Waals surface area contributed by atoms with E-state index in [-0.39, 0.29) is 11.7 Å². The molecule has 0 aromatic heterocycles. The molecule has 1 atom stereocenters. The third-order valence-electron chi connectivity index (χ3n) is 2.33. The number of carbonyl (C=O) groups excluding carboxylic acids is 1. The summed E-state index contributed by atoms with van der Waals surface area (Å²) in [6.07, 6.45) is 0. The van der Waals surface area contributed by atoms with Gasteiger partial charge in [-0.15, -0.1) is 11.8 Å². The second-order valence-electron chi connectivity index (χ2n) is 4.11. The standard InChI is InChI=1S/C13H17NO3S/c1-9-4-3-5-11(6-9)7-18-8-12(15)14-10(2)13(16)17/h3-6,10H,7-8H2,1-2H3,(H,14,15)(H,16,17). The van der Waals surface area contributed by atoms with Gasteiger partial charge in [-0.3, -0.25) is 9.59 Å². The minimum atomic E-state index is -1.02. The molecule has 1 aromatic rings. The van der Waals surface area contributed by atoms with Gasteiger partial charge in [-0.25, -0.2) is 0 Å². The van der Waals surface area contributed by atoms with E-state index in [1.165, 1.54) is 29.8 Å². The van der Waals surface area contributed by atoms with Gasteiger partial charge in [-0.05, 0) is 19.4 Å². The van der Waals surface area contributed by atoms with Gasteiger partial charge in [-0.2, -0.15) is 0 Å². The molecule has 98 valence electrons. The van der Waals surface area contributed by atoms with Crippen LogP contribution in [0.1, 0.15) is 18.1 Å². The molecule has 1 unspecified atom stereocenters. The first-order valence-corrected chi connectivity index (χ1v) is 6.80. The topological polar surface area (TPSA) is 66.4 Å². The number of carboxylic acid groups (broad SMARTS) is 1. The molecule has 0 aliphatic carbocycles. The van der Waals surface area contributed by atoms with Crippen LogP contribution in [0.4, 0.5) is 0 Å². The molecule has 0 saturated carbocycles. The van der Waals surface area contributed by atoms with Crippen molar-refractivity contribution in [3.05, 3.63) is 35.4 Å².